The number of hydrogen-bond donors (Lipinski definition) is 3. The Morgan fingerprint density at radius 1 is 0.882 bits per heavy atom. The molecule has 0 unspecified atom stereocenters. The highest BCUT2D eigenvalue weighted by atomic mass is 16.5. The van der Waals surface area contributed by atoms with Gasteiger partial charge in [-0.25, -0.2) is 9.97 Å². The number of para-hydroxylation sites is 1. The molecule has 0 bridgehead atoms. The van der Waals surface area contributed by atoms with Gasteiger partial charge in [0.25, 0.3) is 0 Å². The number of aromatic amines is 1. The molecule has 3 N–H and O–H groups in total. The summed E-state index contributed by atoms with van der Waals surface area (Å²) in [4.78, 5) is 23.7. The summed E-state index contributed by atoms with van der Waals surface area (Å²) >= 11 is 0. The van der Waals surface area contributed by atoms with E-state index in [1.54, 1.807) is 0 Å². The maximum atomic E-state index is 11.6. The Balaban J connectivity index is 1.38. The van der Waals surface area contributed by atoms with Crippen LogP contribution >= 0.6 is 0 Å². The molecule has 34 heavy (non-hydrogen) atoms. The number of rotatable bonds is 7. The van der Waals surface area contributed by atoms with Crippen LogP contribution in [0.3, 0.4) is 0 Å². The number of carbonyl (C=O) groups excluding carboxylic acids is 1. The number of amides is 1. The number of nitrogens with zero attached hydrogens (tertiary/aromatic N) is 2. The van der Waals surface area contributed by atoms with E-state index in [4.69, 9.17) is 4.74 Å². The van der Waals surface area contributed by atoms with Gasteiger partial charge in [-0.1, -0.05) is 30.8 Å². The van der Waals surface area contributed by atoms with Crippen molar-refractivity contribution in [1.82, 2.24) is 15.0 Å². The van der Waals surface area contributed by atoms with Gasteiger partial charge >= 0.3 is 0 Å². The zero-order chi connectivity index (χ0) is 23.3. The van der Waals surface area contributed by atoms with Gasteiger partial charge in [-0.3, -0.25) is 4.79 Å². The predicted molar refractivity (Wildman–Crippen MR) is 134 cm³/mol. The lowest BCUT2D eigenvalue weighted by Crippen LogP contribution is -2.07. The van der Waals surface area contributed by atoms with Gasteiger partial charge in [0.2, 0.25) is 5.91 Å². The minimum Gasteiger partial charge on any atom is -0.457 e. The largest absolute Gasteiger partial charge is 0.457 e. The van der Waals surface area contributed by atoms with Crippen molar-refractivity contribution < 1.29 is 9.53 Å². The van der Waals surface area contributed by atoms with Crippen molar-refractivity contribution in [1.29, 1.82) is 0 Å². The van der Waals surface area contributed by atoms with Crippen molar-refractivity contribution in [2.24, 2.45) is 0 Å². The molecule has 2 aromatic heterocycles. The van der Waals surface area contributed by atoms with E-state index in [9.17, 15) is 4.79 Å². The summed E-state index contributed by atoms with van der Waals surface area (Å²) in [6.45, 7) is 3.48. The molecule has 5 rings (SSSR count). The summed E-state index contributed by atoms with van der Waals surface area (Å²) in [7, 11) is 0. The Bertz CT molecular complexity index is 1460. The number of fused-ring (bicyclic) bond motifs is 1. The minimum atomic E-state index is -0.267. The molecule has 7 nitrogen and oxygen atoms in total. The third-order valence-corrected chi connectivity index (χ3v) is 5.15. The second-order valence-corrected chi connectivity index (χ2v) is 7.51. The normalized spacial score (nSPS) is 10.6. The van der Waals surface area contributed by atoms with Crippen molar-refractivity contribution >= 4 is 34.1 Å². The molecule has 0 saturated carbocycles. The fourth-order valence-corrected chi connectivity index (χ4v) is 3.53. The topological polar surface area (TPSA) is 91.9 Å². The van der Waals surface area contributed by atoms with Crippen LogP contribution in [-0.4, -0.2) is 20.9 Å². The number of aromatic nitrogens is 3. The molecule has 2 heterocycles. The zero-order valence-electron chi connectivity index (χ0n) is 18.2. The lowest BCUT2D eigenvalue weighted by atomic mass is 10.1. The number of hydrogen-bond acceptors (Lipinski definition) is 5. The number of anilines is 3. The summed E-state index contributed by atoms with van der Waals surface area (Å²) in [5.74, 6) is 1.94. The summed E-state index contributed by atoms with van der Waals surface area (Å²) in [6, 6.07) is 26.9. The Hall–Kier alpha value is -4.91. The van der Waals surface area contributed by atoms with Crippen LogP contribution in [0, 0.1) is 0 Å². The van der Waals surface area contributed by atoms with Crippen LogP contribution in [0.15, 0.2) is 104 Å². The first-order valence-corrected chi connectivity index (χ1v) is 10.7. The molecule has 0 fully saturated rings. The zero-order valence-corrected chi connectivity index (χ0v) is 18.2. The fourth-order valence-electron chi connectivity index (χ4n) is 3.53. The van der Waals surface area contributed by atoms with Gasteiger partial charge in [0.1, 0.15) is 29.3 Å². The Morgan fingerprint density at radius 3 is 2.44 bits per heavy atom. The molecule has 0 aliphatic carbocycles. The molecule has 7 heteroatoms. The average Bonchev–Trinajstić information content (AvgIpc) is 3.31. The van der Waals surface area contributed by atoms with Gasteiger partial charge in [-0.05, 0) is 72.3 Å². The van der Waals surface area contributed by atoms with Gasteiger partial charge in [0, 0.05) is 17.1 Å². The number of ether oxygens (including phenoxy) is 1. The van der Waals surface area contributed by atoms with E-state index >= 15 is 0 Å². The number of nitrogens with one attached hydrogen (secondary N) is 3. The standard InChI is InChI=1S/C27H21N5O2/c1-2-25(33)30-19-7-6-8-20(15-19)31-26-23-16-24(32-27(23)29-17-28-26)18-11-13-22(14-12-18)34-21-9-4-3-5-10-21/h2-17H,1H2,(H,30,33)(H2,28,29,31,32). The average molecular weight is 447 g/mol. The van der Waals surface area contributed by atoms with Gasteiger partial charge in [0.15, 0.2) is 0 Å². The van der Waals surface area contributed by atoms with Crippen molar-refractivity contribution in [3.05, 3.63) is 104 Å². The lowest BCUT2D eigenvalue weighted by molar-refractivity contribution is -0.111. The summed E-state index contributed by atoms with van der Waals surface area (Å²) in [5, 5.41) is 6.92. The highest BCUT2D eigenvalue weighted by Crippen LogP contribution is 2.30. The van der Waals surface area contributed by atoms with Crippen LogP contribution in [0.1, 0.15) is 0 Å². The predicted octanol–water partition coefficient (Wildman–Crippen LogP) is 6.29. The molecule has 166 valence electrons. The first-order chi connectivity index (χ1) is 16.7. The molecule has 0 atom stereocenters. The van der Waals surface area contributed by atoms with Crippen LogP contribution in [0.5, 0.6) is 11.5 Å². The smallest absolute Gasteiger partial charge is 0.247 e. The highest BCUT2D eigenvalue weighted by molar-refractivity contribution is 5.99. The maximum absolute atomic E-state index is 11.6. The SMILES string of the molecule is C=CC(=O)Nc1cccc(Nc2ncnc3[nH]c(-c4ccc(Oc5ccccc5)cc4)cc23)c1. The minimum absolute atomic E-state index is 0.267. The number of benzene rings is 3. The van der Waals surface area contributed by atoms with E-state index in [0.29, 0.717) is 17.2 Å². The molecule has 3 aromatic carbocycles. The van der Waals surface area contributed by atoms with Gasteiger partial charge < -0.3 is 20.4 Å². The summed E-state index contributed by atoms with van der Waals surface area (Å²) in [6.07, 6.45) is 2.74. The third-order valence-electron chi connectivity index (χ3n) is 5.15. The van der Waals surface area contributed by atoms with Crippen LogP contribution < -0.4 is 15.4 Å². The molecular weight excluding hydrogens is 426 g/mol. The van der Waals surface area contributed by atoms with Gasteiger partial charge in [0.05, 0.1) is 5.39 Å². The van der Waals surface area contributed by atoms with E-state index in [1.807, 2.05) is 84.9 Å². The molecule has 0 radical (unpaired) electrons. The molecule has 0 saturated heterocycles. The second kappa shape index (κ2) is 9.30. The molecule has 0 aliphatic heterocycles. The lowest BCUT2D eigenvalue weighted by Gasteiger charge is -2.08. The Kier molecular flexibility index (Phi) is 5.73. The third kappa shape index (κ3) is 4.63. The Morgan fingerprint density at radius 2 is 1.65 bits per heavy atom. The van der Waals surface area contributed by atoms with Crippen LogP contribution in [-0.2, 0) is 4.79 Å². The van der Waals surface area contributed by atoms with Crippen LogP contribution in [0.4, 0.5) is 17.2 Å². The summed E-state index contributed by atoms with van der Waals surface area (Å²) < 4.78 is 5.88. The van der Waals surface area contributed by atoms with Crippen LogP contribution in [0.25, 0.3) is 22.3 Å². The summed E-state index contributed by atoms with van der Waals surface area (Å²) in [5.41, 5.74) is 4.07. The van der Waals surface area contributed by atoms with E-state index in [2.05, 4.69) is 32.2 Å². The van der Waals surface area contributed by atoms with Crippen molar-refractivity contribution in [3.8, 4) is 22.8 Å². The fraction of sp³-hybridized carbons (Fsp3) is 0. The van der Waals surface area contributed by atoms with Gasteiger partial charge in [-0.15, -0.1) is 0 Å². The first-order valence-electron chi connectivity index (χ1n) is 10.7. The Labute approximate surface area is 196 Å². The first kappa shape index (κ1) is 21.0. The monoisotopic (exact) mass is 447 g/mol. The molecule has 1 amide bonds. The quantitative estimate of drug-likeness (QED) is 0.255. The van der Waals surface area contributed by atoms with Crippen molar-refractivity contribution in [2.75, 3.05) is 10.6 Å². The van der Waals surface area contributed by atoms with E-state index in [0.717, 1.165) is 33.8 Å². The van der Waals surface area contributed by atoms with Crippen molar-refractivity contribution in [2.45, 2.75) is 0 Å². The number of H-pyrrole nitrogens is 1. The molecular formula is C27H21N5O2. The van der Waals surface area contributed by atoms with Gasteiger partial charge in [-0.2, -0.15) is 0 Å². The van der Waals surface area contributed by atoms with E-state index < -0.39 is 0 Å². The maximum Gasteiger partial charge on any atom is 0.247 e. The molecule has 0 spiro atoms. The van der Waals surface area contributed by atoms with Crippen molar-refractivity contribution in [3.63, 3.8) is 0 Å². The van der Waals surface area contributed by atoms with E-state index in [1.165, 1.54) is 12.4 Å². The molecule has 5 aromatic rings. The second-order valence-electron chi connectivity index (χ2n) is 7.51. The molecule has 0 aliphatic rings. The van der Waals surface area contributed by atoms with E-state index in [-0.39, 0.29) is 5.91 Å². The van der Waals surface area contributed by atoms with Crippen LogP contribution in [0.2, 0.25) is 0 Å². The highest BCUT2D eigenvalue weighted by Gasteiger charge is 2.11. The number of carbonyl (C=O) groups is 1.